The molecule has 2 aromatic rings. The Morgan fingerprint density at radius 1 is 1.18 bits per heavy atom. The first-order chi connectivity index (χ1) is 10.1. The number of amides is 1. The first-order valence-corrected chi connectivity index (χ1v) is 7.12. The molecule has 0 spiro atoms. The molecule has 1 heterocycles. The van der Waals surface area contributed by atoms with Gasteiger partial charge in [-0.2, -0.15) is 0 Å². The van der Waals surface area contributed by atoms with Gasteiger partial charge in [-0.3, -0.25) is 4.79 Å². The first-order valence-electron chi connectivity index (χ1n) is 7.12. The number of nitrogens with one attached hydrogen (secondary N) is 1. The fourth-order valence-electron chi connectivity index (χ4n) is 2.33. The van der Waals surface area contributed by atoms with Crippen LogP contribution in [-0.4, -0.2) is 10.9 Å². The van der Waals surface area contributed by atoms with Gasteiger partial charge in [-0.1, -0.05) is 44.2 Å². The number of carbonyl (C=O) groups excluding carboxylic acids is 1. The number of nitrogen functional groups attached to an aromatic ring is 1. The van der Waals surface area contributed by atoms with Crippen molar-refractivity contribution in [3.05, 3.63) is 54.2 Å². The molecule has 0 saturated heterocycles. The smallest absolute Gasteiger partial charge is 0.225 e. The molecule has 0 aliphatic heterocycles. The summed E-state index contributed by atoms with van der Waals surface area (Å²) >= 11 is 0. The van der Waals surface area contributed by atoms with Crippen LogP contribution in [0.3, 0.4) is 0 Å². The molecule has 5 heteroatoms. The zero-order chi connectivity index (χ0) is 15.2. The summed E-state index contributed by atoms with van der Waals surface area (Å²) in [5.74, 6) is 1.03. The summed E-state index contributed by atoms with van der Waals surface area (Å²) in [5.41, 5.74) is 7.39. The van der Waals surface area contributed by atoms with E-state index in [1.807, 2.05) is 18.2 Å². The largest absolute Gasteiger partial charge is 0.384 e. The van der Waals surface area contributed by atoms with E-state index in [9.17, 15) is 4.79 Å². The second-order valence-electron chi connectivity index (χ2n) is 5.49. The quantitative estimate of drug-likeness (QED) is 0.879. The Balaban J connectivity index is 0.00000242. The van der Waals surface area contributed by atoms with Crippen molar-refractivity contribution < 1.29 is 4.79 Å². The predicted molar refractivity (Wildman–Crippen MR) is 93.2 cm³/mol. The van der Waals surface area contributed by atoms with E-state index < -0.39 is 0 Å². The van der Waals surface area contributed by atoms with Gasteiger partial charge in [-0.25, -0.2) is 4.98 Å². The third-order valence-corrected chi connectivity index (χ3v) is 3.51. The van der Waals surface area contributed by atoms with E-state index in [2.05, 4.69) is 36.3 Å². The fraction of sp³-hybridized carbons (Fsp3) is 0.294. The highest BCUT2D eigenvalue weighted by Gasteiger charge is 2.19. The number of pyridine rings is 1. The molecule has 1 aromatic carbocycles. The molecule has 3 N–H and O–H groups in total. The number of hydrogen-bond acceptors (Lipinski definition) is 3. The molecule has 2 rings (SSSR count). The van der Waals surface area contributed by atoms with Crippen molar-refractivity contribution in [2.24, 2.45) is 5.92 Å². The molecule has 1 atom stereocenters. The van der Waals surface area contributed by atoms with Crippen LogP contribution in [0.25, 0.3) is 0 Å². The van der Waals surface area contributed by atoms with Crippen molar-refractivity contribution in [2.75, 3.05) is 11.1 Å². The Kier molecular flexibility index (Phi) is 6.86. The van der Waals surface area contributed by atoms with Crippen LogP contribution >= 0.6 is 12.4 Å². The van der Waals surface area contributed by atoms with E-state index in [4.69, 9.17) is 5.73 Å². The molecule has 0 radical (unpaired) electrons. The van der Waals surface area contributed by atoms with Gasteiger partial charge < -0.3 is 11.1 Å². The SMILES string of the molecule is CC(C)C(CC(=O)Nc1ccc(N)nc1)c1ccccc1.Cl. The van der Waals surface area contributed by atoms with E-state index >= 15 is 0 Å². The molecule has 118 valence electrons. The maximum atomic E-state index is 12.2. The van der Waals surface area contributed by atoms with Gasteiger partial charge in [0.2, 0.25) is 5.91 Å². The lowest BCUT2D eigenvalue weighted by molar-refractivity contribution is -0.116. The molecule has 1 amide bonds. The van der Waals surface area contributed by atoms with Crippen LogP contribution in [-0.2, 0) is 4.79 Å². The second kappa shape index (κ2) is 8.39. The summed E-state index contributed by atoms with van der Waals surface area (Å²) in [6.07, 6.45) is 2.02. The monoisotopic (exact) mass is 319 g/mol. The van der Waals surface area contributed by atoms with Crippen molar-refractivity contribution in [3.8, 4) is 0 Å². The predicted octanol–water partition coefficient (Wildman–Crippen LogP) is 3.85. The average Bonchev–Trinajstić information content (AvgIpc) is 2.48. The zero-order valence-electron chi connectivity index (χ0n) is 12.8. The second-order valence-corrected chi connectivity index (χ2v) is 5.49. The Morgan fingerprint density at radius 3 is 2.41 bits per heavy atom. The van der Waals surface area contributed by atoms with Crippen molar-refractivity contribution in [2.45, 2.75) is 26.2 Å². The van der Waals surface area contributed by atoms with E-state index in [0.29, 0.717) is 23.8 Å². The molecule has 0 aliphatic carbocycles. The molecule has 22 heavy (non-hydrogen) atoms. The third kappa shape index (κ3) is 5.04. The van der Waals surface area contributed by atoms with Crippen LogP contribution in [0.2, 0.25) is 0 Å². The lowest BCUT2D eigenvalue weighted by Gasteiger charge is -2.21. The normalized spacial score (nSPS) is 11.6. The minimum absolute atomic E-state index is 0. The number of nitrogens with zero attached hydrogens (tertiary/aromatic N) is 1. The van der Waals surface area contributed by atoms with Gasteiger partial charge in [-0.15, -0.1) is 12.4 Å². The highest BCUT2D eigenvalue weighted by molar-refractivity contribution is 5.91. The van der Waals surface area contributed by atoms with Gasteiger partial charge in [-0.05, 0) is 29.5 Å². The van der Waals surface area contributed by atoms with Gasteiger partial charge in [0.15, 0.2) is 0 Å². The van der Waals surface area contributed by atoms with Crippen LogP contribution in [0.5, 0.6) is 0 Å². The molecule has 0 aliphatic rings. The van der Waals surface area contributed by atoms with Gasteiger partial charge >= 0.3 is 0 Å². The Labute approximate surface area is 137 Å². The first kappa shape index (κ1) is 18.0. The van der Waals surface area contributed by atoms with E-state index in [1.54, 1.807) is 18.3 Å². The molecular formula is C17H22ClN3O. The molecular weight excluding hydrogens is 298 g/mol. The Hall–Kier alpha value is -2.07. The van der Waals surface area contributed by atoms with Crippen molar-refractivity contribution in [3.63, 3.8) is 0 Å². The number of anilines is 2. The number of carbonyl (C=O) groups is 1. The van der Waals surface area contributed by atoms with E-state index in [0.717, 1.165) is 0 Å². The van der Waals surface area contributed by atoms with Gasteiger partial charge in [0, 0.05) is 6.42 Å². The number of rotatable bonds is 5. The minimum Gasteiger partial charge on any atom is -0.384 e. The summed E-state index contributed by atoms with van der Waals surface area (Å²) in [6.45, 7) is 4.27. The Bertz CT molecular complexity index is 585. The molecule has 1 unspecified atom stereocenters. The summed E-state index contributed by atoms with van der Waals surface area (Å²) < 4.78 is 0. The molecule has 0 fully saturated rings. The maximum Gasteiger partial charge on any atom is 0.225 e. The van der Waals surface area contributed by atoms with Crippen LogP contribution in [0.1, 0.15) is 31.7 Å². The topological polar surface area (TPSA) is 68.0 Å². The van der Waals surface area contributed by atoms with Crippen molar-refractivity contribution >= 4 is 29.8 Å². The zero-order valence-corrected chi connectivity index (χ0v) is 13.6. The van der Waals surface area contributed by atoms with Crippen molar-refractivity contribution in [1.29, 1.82) is 0 Å². The lowest BCUT2D eigenvalue weighted by Crippen LogP contribution is -2.18. The van der Waals surface area contributed by atoms with Gasteiger partial charge in [0.25, 0.3) is 0 Å². The highest BCUT2D eigenvalue weighted by Crippen LogP contribution is 2.28. The van der Waals surface area contributed by atoms with Crippen LogP contribution in [0.4, 0.5) is 11.5 Å². The molecule has 4 nitrogen and oxygen atoms in total. The van der Waals surface area contributed by atoms with Crippen molar-refractivity contribution in [1.82, 2.24) is 4.98 Å². The average molecular weight is 320 g/mol. The van der Waals surface area contributed by atoms with Crippen LogP contribution in [0, 0.1) is 5.92 Å². The number of halogens is 1. The van der Waals surface area contributed by atoms with Gasteiger partial charge in [0.1, 0.15) is 5.82 Å². The summed E-state index contributed by atoms with van der Waals surface area (Å²) in [4.78, 5) is 16.2. The minimum atomic E-state index is -0.0101. The van der Waals surface area contributed by atoms with E-state index in [-0.39, 0.29) is 24.2 Å². The number of aromatic nitrogens is 1. The highest BCUT2D eigenvalue weighted by atomic mass is 35.5. The standard InChI is InChI=1S/C17H21N3O.ClH/c1-12(2)15(13-6-4-3-5-7-13)10-17(21)20-14-8-9-16(18)19-11-14;/h3-9,11-12,15H,10H2,1-2H3,(H2,18,19)(H,20,21);1H. The Morgan fingerprint density at radius 2 is 1.86 bits per heavy atom. The third-order valence-electron chi connectivity index (χ3n) is 3.51. The molecule has 0 saturated carbocycles. The number of nitrogens with two attached hydrogens (primary N) is 1. The lowest BCUT2D eigenvalue weighted by atomic mass is 9.85. The maximum absolute atomic E-state index is 12.2. The summed E-state index contributed by atoms with van der Waals surface area (Å²) in [7, 11) is 0. The number of hydrogen-bond donors (Lipinski definition) is 2. The van der Waals surface area contributed by atoms with Crippen LogP contribution < -0.4 is 11.1 Å². The fourth-order valence-corrected chi connectivity index (χ4v) is 2.33. The van der Waals surface area contributed by atoms with Gasteiger partial charge in [0.05, 0.1) is 11.9 Å². The summed E-state index contributed by atoms with van der Waals surface area (Å²) in [5, 5.41) is 2.87. The molecule has 1 aromatic heterocycles. The van der Waals surface area contributed by atoms with E-state index in [1.165, 1.54) is 5.56 Å². The van der Waals surface area contributed by atoms with Crippen LogP contribution in [0.15, 0.2) is 48.7 Å². The summed E-state index contributed by atoms with van der Waals surface area (Å²) in [6, 6.07) is 13.6. The molecule has 0 bridgehead atoms. The number of benzene rings is 1.